The van der Waals surface area contributed by atoms with Gasteiger partial charge in [-0.2, -0.15) is 0 Å². The van der Waals surface area contributed by atoms with Gasteiger partial charge < -0.3 is 10.1 Å². The molecule has 0 atom stereocenters. The number of nitrogens with one attached hydrogen (secondary N) is 1. The van der Waals surface area contributed by atoms with Gasteiger partial charge >= 0.3 is 5.97 Å². The normalized spacial score (nSPS) is 11.3. The highest BCUT2D eigenvalue weighted by atomic mass is 32.1. The Morgan fingerprint density at radius 3 is 2.45 bits per heavy atom. The Labute approximate surface area is 174 Å². The zero-order valence-electron chi connectivity index (χ0n) is 17.1. The van der Waals surface area contributed by atoms with Gasteiger partial charge in [-0.25, -0.2) is 4.79 Å². The lowest BCUT2D eigenvalue weighted by Crippen LogP contribution is -2.33. The molecular weight excluding hydrogens is 390 g/mol. The predicted molar refractivity (Wildman–Crippen MR) is 115 cm³/mol. The second kappa shape index (κ2) is 11.3. The van der Waals surface area contributed by atoms with Gasteiger partial charge in [-0.3, -0.25) is 19.1 Å². The molecule has 1 aromatic carbocycles. The molecule has 0 unspecified atom stereocenters. The van der Waals surface area contributed by atoms with Gasteiger partial charge in [0.1, 0.15) is 4.88 Å². The quantitative estimate of drug-likeness (QED) is 0.500. The monoisotopic (exact) mass is 417 g/mol. The largest absolute Gasteiger partial charge is 0.465 e. The molecule has 0 spiro atoms. The Kier molecular flexibility index (Phi) is 8.79. The van der Waals surface area contributed by atoms with Gasteiger partial charge in [-0.05, 0) is 37.1 Å². The van der Waals surface area contributed by atoms with Crippen molar-refractivity contribution >= 4 is 28.9 Å². The highest BCUT2D eigenvalue weighted by Crippen LogP contribution is 2.12. The third kappa shape index (κ3) is 6.39. The fraction of sp³-hybridized carbons (Fsp3) is 0.429. The van der Waals surface area contributed by atoms with Crippen LogP contribution in [0.4, 0.5) is 5.69 Å². The summed E-state index contributed by atoms with van der Waals surface area (Å²) in [5, 5.41) is 2.76. The molecule has 156 valence electrons. The van der Waals surface area contributed by atoms with Gasteiger partial charge in [-0.1, -0.05) is 38.0 Å². The molecule has 0 aliphatic rings. The van der Waals surface area contributed by atoms with Crippen LogP contribution in [0, 0.1) is 0 Å². The minimum atomic E-state index is -0.445. The Morgan fingerprint density at radius 1 is 1.14 bits per heavy atom. The number of benzene rings is 1. The first-order chi connectivity index (χ1) is 14.0. The third-order valence-corrected chi connectivity index (χ3v) is 5.29. The maximum absolute atomic E-state index is 12.7. The van der Waals surface area contributed by atoms with Crippen molar-refractivity contribution in [2.75, 3.05) is 19.0 Å². The number of nitrogens with zero attached hydrogens (tertiary/aromatic N) is 2. The fourth-order valence-corrected chi connectivity index (χ4v) is 3.50. The van der Waals surface area contributed by atoms with Crippen molar-refractivity contribution in [1.82, 2.24) is 4.57 Å². The summed E-state index contributed by atoms with van der Waals surface area (Å²) in [5.74, 6) is -0.827. The first-order valence-corrected chi connectivity index (χ1v) is 10.6. The number of amides is 1. The Balaban J connectivity index is 2.28. The number of anilines is 1. The highest BCUT2D eigenvalue weighted by molar-refractivity contribution is 7.11. The smallest absolute Gasteiger partial charge is 0.337 e. The Hall–Kier alpha value is -2.74. The van der Waals surface area contributed by atoms with Gasteiger partial charge in [0.2, 0.25) is 0 Å². The summed E-state index contributed by atoms with van der Waals surface area (Å²) < 4.78 is 6.30. The second-order valence-electron chi connectivity index (χ2n) is 6.49. The Bertz CT molecular complexity index is 961. The molecule has 8 heteroatoms. The van der Waals surface area contributed by atoms with Crippen LogP contribution in [0.2, 0.25) is 0 Å². The molecule has 2 aromatic rings. The Morgan fingerprint density at radius 2 is 1.83 bits per heavy atom. The first-order valence-electron chi connectivity index (χ1n) is 9.75. The molecule has 0 aliphatic carbocycles. The van der Waals surface area contributed by atoms with E-state index >= 15 is 0 Å². The fourth-order valence-electron chi connectivity index (χ4n) is 2.55. The number of carbonyl (C=O) groups is 2. The molecule has 7 nitrogen and oxygen atoms in total. The number of hydrogen-bond acceptors (Lipinski definition) is 6. The number of hydrogen-bond donors (Lipinski definition) is 1. The summed E-state index contributed by atoms with van der Waals surface area (Å²) in [7, 11) is 1.31. The number of ether oxygens (including phenoxy) is 1. The number of aromatic nitrogens is 1. The summed E-state index contributed by atoms with van der Waals surface area (Å²) in [6.07, 6.45) is 3.78. The molecule has 0 aliphatic heterocycles. The van der Waals surface area contributed by atoms with Crippen LogP contribution in [0.5, 0.6) is 0 Å². The number of esters is 1. The molecule has 0 bridgehead atoms. The summed E-state index contributed by atoms with van der Waals surface area (Å²) in [6.45, 7) is 5.36. The molecule has 1 N–H and O–H groups in total. The van der Waals surface area contributed by atoms with Gasteiger partial charge in [-0.15, -0.1) is 0 Å². The predicted octanol–water partition coefficient (Wildman–Crippen LogP) is 3.45. The highest BCUT2D eigenvalue weighted by Gasteiger charge is 2.12. The molecule has 2 rings (SSSR count). The standard InChI is InChI=1S/C21H27N3O4S/c1-4-6-12-22-21-24(13-7-5-2)18(25)14-17(29-21)19(26)23-16-10-8-15(9-11-16)20(27)28-3/h8-11,14H,4-7,12-13H2,1-3H3,(H,23,26). The average molecular weight is 418 g/mol. The van der Waals surface area contributed by atoms with Crippen molar-refractivity contribution in [1.29, 1.82) is 0 Å². The maximum atomic E-state index is 12.7. The van der Waals surface area contributed by atoms with Crippen molar-refractivity contribution < 1.29 is 14.3 Å². The molecule has 1 amide bonds. The van der Waals surface area contributed by atoms with E-state index in [4.69, 9.17) is 0 Å². The van der Waals surface area contributed by atoms with E-state index in [0.29, 0.717) is 34.0 Å². The van der Waals surface area contributed by atoms with Crippen LogP contribution in [-0.2, 0) is 11.3 Å². The summed E-state index contributed by atoms with van der Waals surface area (Å²) in [4.78, 5) is 42.2. The van der Waals surface area contributed by atoms with Gasteiger partial charge in [0.25, 0.3) is 11.5 Å². The van der Waals surface area contributed by atoms with E-state index in [-0.39, 0.29) is 11.5 Å². The molecule has 29 heavy (non-hydrogen) atoms. The van der Waals surface area contributed by atoms with Crippen LogP contribution >= 0.6 is 11.3 Å². The number of methoxy groups -OCH3 is 1. The zero-order chi connectivity index (χ0) is 21.2. The molecule has 0 fully saturated rings. The van der Waals surface area contributed by atoms with Crippen molar-refractivity contribution in [3.63, 3.8) is 0 Å². The topological polar surface area (TPSA) is 89.8 Å². The van der Waals surface area contributed by atoms with Crippen LogP contribution in [0.15, 0.2) is 40.1 Å². The SMILES string of the molecule is CCCCN=c1sc(C(=O)Nc2ccc(C(=O)OC)cc2)cc(=O)n1CCCC. The lowest BCUT2D eigenvalue weighted by Gasteiger charge is -2.09. The number of carbonyl (C=O) groups excluding carboxylic acids is 2. The zero-order valence-corrected chi connectivity index (χ0v) is 17.9. The summed E-state index contributed by atoms with van der Waals surface area (Å²) >= 11 is 1.21. The van der Waals surface area contributed by atoms with E-state index in [9.17, 15) is 14.4 Å². The third-order valence-electron chi connectivity index (χ3n) is 4.23. The molecular formula is C21H27N3O4S. The minimum absolute atomic E-state index is 0.223. The van der Waals surface area contributed by atoms with Crippen molar-refractivity contribution in [3.8, 4) is 0 Å². The second-order valence-corrected chi connectivity index (χ2v) is 7.50. The van der Waals surface area contributed by atoms with E-state index in [1.807, 2.05) is 0 Å². The first kappa shape index (κ1) is 22.5. The van der Waals surface area contributed by atoms with Crippen molar-refractivity contribution in [2.24, 2.45) is 4.99 Å². The minimum Gasteiger partial charge on any atom is -0.465 e. The summed E-state index contributed by atoms with van der Waals surface area (Å²) in [6, 6.07) is 7.73. The van der Waals surface area contributed by atoms with Crippen LogP contribution in [0.1, 0.15) is 59.6 Å². The molecule has 0 radical (unpaired) electrons. The van der Waals surface area contributed by atoms with Gasteiger partial charge in [0.05, 0.1) is 12.7 Å². The van der Waals surface area contributed by atoms with Crippen molar-refractivity contribution in [2.45, 2.75) is 46.1 Å². The average Bonchev–Trinajstić information content (AvgIpc) is 2.73. The maximum Gasteiger partial charge on any atom is 0.337 e. The van der Waals surface area contributed by atoms with E-state index in [0.717, 1.165) is 25.7 Å². The van der Waals surface area contributed by atoms with E-state index in [1.54, 1.807) is 28.8 Å². The van der Waals surface area contributed by atoms with E-state index in [2.05, 4.69) is 28.9 Å². The van der Waals surface area contributed by atoms with Crippen LogP contribution in [0.3, 0.4) is 0 Å². The van der Waals surface area contributed by atoms with Gasteiger partial charge in [0, 0.05) is 24.8 Å². The van der Waals surface area contributed by atoms with E-state index in [1.165, 1.54) is 24.5 Å². The van der Waals surface area contributed by atoms with Crippen LogP contribution < -0.4 is 15.7 Å². The van der Waals surface area contributed by atoms with Crippen LogP contribution in [0.25, 0.3) is 0 Å². The molecule has 0 saturated heterocycles. The van der Waals surface area contributed by atoms with E-state index < -0.39 is 5.97 Å². The molecule has 1 heterocycles. The molecule has 1 aromatic heterocycles. The van der Waals surface area contributed by atoms with Crippen molar-refractivity contribution in [3.05, 3.63) is 55.9 Å². The number of rotatable bonds is 9. The molecule has 0 saturated carbocycles. The van der Waals surface area contributed by atoms with Gasteiger partial charge in [0.15, 0.2) is 4.80 Å². The number of unbranched alkanes of at least 4 members (excludes halogenated alkanes) is 2. The lowest BCUT2D eigenvalue weighted by atomic mass is 10.2. The van der Waals surface area contributed by atoms with Crippen LogP contribution in [-0.4, -0.2) is 30.1 Å². The lowest BCUT2D eigenvalue weighted by molar-refractivity contribution is 0.0600. The summed E-state index contributed by atoms with van der Waals surface area (Å²) in [5.41, 5.74) is 0.692.